The maximum absolute atomic E-state index is 12.6. The summed E-state index contributed by atoms with van der Waals surface area (Å²) in [6.45, 7) is 3.70. The zero-order valence-corrected chi connectivity index (χ0v) is 13.3. The van der Waals surface area contributed by atoms with Crippen molar-refractivity contribution in [3.8, 4) is 0 Å². The van der Waals surface area contributed by atoms with Crippen LogP contribution >= 0.6 is 11.3 Å². The first-order valence-electron chi connectivity index (χ1n) is 7.07. The Kier molecular flexibility index (Phi) is 4.14. The van der Waals surface area contributed by atoms with Gasteiger partial charge in [-0.1, -0.05) is 0 Å². The lowest BCUT2D eigenvalue weighted by molar-refractivity contribution is 0.180. The Balaban J connectivity index is 1.67. The highest BCUT2D eigenvalue weighted by molar-refractivity contribution is 7.89. The molecular formula is C13H21N3O2S2. The van der Waals surface area contributed by atoms with Crippen LogP contribution in [0.25, 0.3) is 0 Å². The maximum atomic E-state index is 12.6. The van der Waals surface area contributed by atoms with E-state index in [2.05, 4.69) is 10.2 Å². The van der Waals surface area contributed by atoms with Crippen molar-refractivity contribution in [3.05, 3.63) is 16.3 Å². The van der Waals surface area contributed by atoms with Gasteiger partial charge in [0.1, 0.15) is 0 Å². The molecule has 0 bridgehead atoms. The molecule has 5 nitrogen and oxygen atoms in total. The minimum atomic E-state index is -3.30. The topological polar surface area (TPSA) is 52.7 Å². The number of thiophene rings is 1. The van der Waals surface area contributed by atoms with Crippen LogP contribution in [-0.4, -0.2) is 56.9 Å². The Hall–Kier alpha value is -0.470. The molecule has 3 rings (SSSR count). The van der Waals surface area contributed by atoms with Gasteiger partial charge in [0.15, 0.2) is 0 Å². The monoisotopic (exact) mass is 315 g/mol. The molecule has 0 spiro atoms. The highest BCUT2D eigenvalue weighted by atomic mass is 32.2. The van der Waals surface area contributed by atoms with Crippen molar-refractivity contribution in [2.75, 3.05) is 33.2 Å². The van der Waals surface area contributed by atoms with E-state index in [1.807, 2.05) is 7.05 Å². The Morgan fingerprint density at radius 2 is 2.00 bits per heavy atom. The van der Waals surface area contributed by atoms with E-state index < -0.39 is 10.0 Å². The second-order valence-corrected chi connectivity index (χ2v) is 8.38. The molecule has 112 valence electrons. The quantitative estimate of drug-likeness (QED) is 0.878. The number of piperazine rings is 1. The van der Waals surface area contributed by atoms with Gasteiger partial charge >= 0.3 is 0 Å². The Labute approximate surface area is 124 Å². The van der Waals surface area contributed by atoms with Crippen molar-refractivity contribution >= 4 is 21.4 Å². The lowest BCUT2D eigenvalue weighted by atomic mass is 10.3. The Morgan fingerprint density at radius 3 is 2.60 bits per heavy atom. The number of hydrogen-bond donors (Lipinski definition) is 1. The molecule has 1 N–H and O–H groups in total. The van der Waals surface area contributed by atoms with Crippen molar-refractivity contribution < 1.29 is 8.42 Å². The number of sulfonamides is 1. The first kappa shape index (κ1) is 14.5. The summed E-state index contributed by atoms with van der Waals surface area (Å²) in [4.78, 5) is 3.93. The van der Waals surface area contributed by atoms with Crippen molar-refractivity contribution in [3.63, 3.8) is 0 Å². The van der Waals surface area contributed by atoms with E-state index in [4.69, 9.17) is 0 Å². The SMILES string of the molecule is CNCc1cc(S(=O)(=O)N2CCN(C3CC3)CC2)cs1. The minimum Gasteiger partial charge on any atom is -0.315 e. The number of rotatable bonds is 5. The van der Waals surface area contributed by atoms with Crippen molar-refractivity contribution in [2.24, 2.45) is 0 Å². The third-order valence-electron chi connectivity index (χ3n) is 3.95. The summed E-state index contributed by atoms with van der Waals surface area (Å²) >= 11 is 1.50. The van der Waals surface area contributed by atoms with Crippen LogP contribution in [0.1, 0.15) is 17.7 Å². The number of nitrogens with zero attached hydrogens (tertiary/aromatic N) is 2. The van der Waals surface area contributed by atoms with Crippen LogP contribution in [0.3, 0.4) is 0 Å². The van der Waals surface area contributed by atoms with Crippen molar-refractivity contribution in [1.29, 1.82) is 0 Å². The summed E-state index contributed by atoms with van der Waals surface area (Å²) in [7, 11) is -1.43. The average Bonchev–Trinajstić information content (AvgIpc) is 3.19. The molecule has 1 aliphatic carbocycles. The maximum Gasteiger partial charge on any atom is 0.243 e. The van der Waals surface area contributed by atoms with Crippen LogP contribution in [-0.2, 0) is 16.6 Å². The smallest absolute Gasteiger partial charge is 0.243 e. The van der Waals surface area contributed by atoms with E-state index in [9.17, 15) is 8.42 Å². The van der Waals surface area contributed by atoms with Gasteiger partial charge in [-0.3, -0.25) is 4.90 Å². The van der Waals surface area contributed by atoms with Gasteiger partial charge in [-0.2, -0.15) is 4.31 Å². The summed E-state index contributed by atoms with van der Waals surface area (Å²) in [6, 6.07) is 2.52. The lowest BCUT2D eigenvalue weighted by Gasteiger charge is -2.33. The van der Waals surface area contributed by atoms with Gasteiger partial charge < -0.3 is 5.32 Å². The molecule has 1 aromatic heterocycles. The standard InChI is InChI=1S/C13H21N3O2S2/c1-14-9-12-8-13(10-19-12)20(17,18)16-6-4-15(5-7-16)11-2-3-11/h8,10-11,14H,2-7,9H2,1H3. The zero-order valence-electron chi connectivity index (χ0n) is 11.7. The van der Waals surface area contributed by atoms with Crippen LogP contribution in [0.2, 0.25) is 0 Å². The molecule has 1 aromatic rings. The molecule has 20 heavy (non-hydrogen) atoms. The highest BCUT2D eigenvalue weighted by Gasteiger charge is 2.35. The fourth-order valence-electron chi connectivity index (χ4n) is 2.66. The lowest BCUT2D eigenvalue weighted by Crippen LogP contribution is -2.49. The Morgan fingerprint density at radius 1 is 1.30 bits per heavy atom. The molecule has 0 radical (unpaired) electrons. The molecule has 1 aliphatic heterocycles. The van der Waals surface area contributed by atoms with Gasteiger partial charge in [-0.25, -0.2) is 8.42 Å². The van der Waals surface area contributed by atoms with Crippen LogP contribution in [0.4, 0.5) is 0 Å². The molecule has 1 saturated heterocycles. The molecule has 2 heterocycles. The molecule has 0 aromatic carbocycles. The third-order valence-corrected chi connectivity index (χ3v) is 6.92. The largest absolute Gasteiger partial charge is 0.315 e. The van der Waals surface area contributed by atoms with Gasteiger partial charge in [-0.05, 0) is 26.0 Å². The molecule has 1 saturated carbocycles. The Bertz CT molecular complexity index is 558. The van der Waals surface area contributed by atoms with Crippen molar-refractivity contribution in [2.45, 2.75) is 30.3 Å². The van der Waals surface area contributed by atoms with E-state index in [1.54, 1.807) is 15.8 Å². The number of hydrogen-bond acceptors (Lipinski definition) is 5. The fourth-order valence-corrected chi connectivity index (χ4v) is 5.36. The van der Waals surface area contributed by atoms with Crippen molar-refractivity contribution in [1.82, 2.24) is 14.5 Å². The first-order valence-corrected chi connectivity index (χ1v) is 9.39. The molecule has 2 aliphatic rings. The van der Waals surface area contributed by atoms with E-state index >= 15 is 0 Å². The molecule has 0 amide bonds. The van der Waals surface area contributed by atoms with Crippen LogP contribution in [0.15, 0.2) is 16.3 Å². The van der Waals surface area contributed by atoms with E-state index in [-0.39, 0.29) is 0 Å². The van der Waals surface area contributed by atoms with Gasteiger partial charge in [0.25, 0.3) is 0 Å². The summed E-state index contributed by atoms with van der Waals surface area (Å²) < 4.78 is 26.8. The van der Waals surface area contributed by atoms with Gasteiger partial charge in [0.05, 0.1) is 4.90 Å². The number of nitrogens with one attached hydrogen (secondary N) is 1. The molecule has 7 heteroatoms. The fraction of sp³-hybridized carbons (Fsp3) is 0.692. The first-order chi connectivity index (χ1) is 9.61. The predicted octanol–water partition coefficient (Wildman–Crippen LogP) is 0.936. The van der Waals surface area contributed by atoms with E-state index in [0.717, 1.165) is 30.6 Å². The van der Waals surface area contributed by atoms with Gasteiger partial charge in [0, 0.05) is 49.0 Å². The van der Waals surface area contributed by atoms with Crippen LogP contribution in [0.5, 0.6) is 0 Å². The minimum absolute atomic E-state index is 0.452. The molecule has 0 unspecified atom stereocenters. The zero-order chi connectivity index (χ0) is 14.2. The summed E-state index contributed by atoms with van der Waals surface area (Å²) in [5.74, 6) is 0. The third kappa shape index (κ3) is 2.92. The molecule has 2 fully saturated rings. The molecule has 0 atom stereocenters. The van der Waals surface area contributed by atoms with Gasteiger partial charge in [0.2, 0.25) is 10.0 Å². The average molecular weight is 315 g/mol. The summed E-state index contributed by atoms with van der Waals surface area (Å²) in [6.07, 6.45) is 2.56. The summed E-state index contributed by atoms with van der Waals surface area (Å²) in [5, 5.41) is 4.81. The summed E-state index contributed by atoms with van der Waals surface area (Å²) in [5.41, 5.74) is 0. The second kappa shape index (κ2) is 5.73. The second-order valence-electron chi connectivity index (χ2n) is 5.45. The van der Waals surface area contributed by atoms with Crippen LogP contribution < -0.4 is 5.32 Å². The van der Waals surface area contributed by atoms with E-state index in [1.165, 1.54) is 24.2 Å². The highest BCUT2D eigenvalue weighted by Crippen LogP contribution is 2.29. The predicted molar refractivity (Wildman–Crippen MR) is 80.4 cm³/mol. The normalized spacial score (nSPS) is 22.2. The van der Waals surface area contributed by atoms with E-state index in [0.29, 0.717) is 18.0 Å². The molecular weight excluding hydrogens is 294 g/mol. The van der Waals surface area contributed by atoms with Gasteiger partial charge in [-0.15, -0.1) is 11.3 Å². The van der Waals surface area contributed by atoms with Crippen LogP contribution in [0, 0.1) is 0 Å².